The van der Waals surface area contributed by atoms with Gasteiger partial charge in [-0.3, -0.25) is 4.68 Å². The Kier molecular flexibility index (Phi) is 5.64. The van der Waals surface area contributed by atoms with Gasteiger partial charge in [0.2, 0.25) is 0 Å². The zero-order valence-corrected chi connectivity index (χ0v) is 19.3. The van der Waals surface area contributed by atoms with Gasteiger partial charge in [0.25, 0.3) is 0 Å². The second kappa shape index (κ2) is 8.51. The summed E-state index contributed by atoms with van der Waals surface area (Å²) in [5, 5.41) is 13.8. The highest BCUT2D eigenvalue weighted by Gasteiger charge is 2.44. The molecule has 0 fully saturated rings. The van der Waals surface area contributed by atoms with Crippen LogP contribution >= 0.6 is 11.3 Å². The zero-order valence-electron chi connectivity index (χ0n) is 18.5. The third-order valence-corrected chi connectivity index (χ3v) is 6.61. The number of aliphatic hydroxyl groups excluding tert-OH is 1. The van der Waals surface area contributed by atoms with Crippen molar-refractivity contribution in [1.29, 1.82) is 0 Å². The molecule has 34 heavy (non-hydrogen) atoms. The van der Waals surface area contributed by atoms with Crippen LogP contribution in [0.3, 0.4) is 0 Å². The van der Waals surface area contributed by atoms with Crippen LogP contribution in [0.1, 0.15) is 24.8 Å². The van der Waals surface area contributed by atoms with E-state index >= 15 is 0 Å². The molecule has 0 spiro atoms. The van der Waals surface area contributed by atoms with Crippen LogP contribution in [0.15, 0.2) is 36.9 Å². The van der Waals surface area contributed by atoms with Crippen molar-refractivity contribution in [3.8, 4) is 39.0 Å². The highest BCUT2D eigenvalue weighted by atomic mass is 32.1. The van der Waals surface area contributed by atoms with Crippen LogP contribution in [-0.4, -0.2) is 42.8 Å². The Morgan fingerprint density at radius 3 is 2.82 bits per heavy atom. The topological polar surface area (TPSA) is 81.9 Å². The Bertz CT molecular complexity index is 1340. The van der Waals surface area contributed by atoms with E-state index in [1.165, 1.54) is 11.3 Å². The highest BCUT2D eigenvalue weighted by molar-refractivity contribution is 7.15. The maximum Gasteiger partial charge on any atom is 0.585 e. The maximum absolute atomic E-state index is 13.5. The highest BCUT2D eigenvalue weighted by Crippen LogP contribution is 2.41. The first-order valence-corrected chi connectivity index (χ1v) is 11.5. The van der Waals surface area contributed by atoms with Gasteiger partial charge >= 0.3 is 18.5 Å². The second-order valence-electron chi connectivity index (χ2n) is 8.13. The van der Waals surface area contributed by atoms with Gasteiger partial charge in [-0.05, 0) is 36.5 Å². The summed E-state index contributed by atoms with van der Waals surface area (Å²) in [6, 6.07) is 5.29. The minimum absolute atomic E-state index is 0.00136. The van der Waals surface area contributed by atoms with E-state index in [4.69, 9.17) is 14.8 Å². The van der Waals surface area contributed by atoms with Gasteiger partial charge in [0.1, 0.15) is 5.75 Å². The monoisotopic (exact) mass is 491 g/mol. The molecule has 1 aromatic carbocycles. The van der Waals surface area contributed by atoms with Crippen LogP contribution < -0.4 is 9.42 Å². The van der Waals surface area contributed by atoms with Crippen molar-refractivity contribution in [2.75, 3.05) is 13.2 Å². The Morgan fingerprint density at radius 2 is 2.09 bits per heavy atom. The largest absolute Gasteiger partial charge is 0.585 e. The minimum Gasteiger partial charge on any atom is -0.492 e. The number of benzene rings is 1. The molecular weight excluding hydrogens is 469 g/mol. The molecule has 0 radical (unpaired) electrons. The van der Waals surface area contributed by atoms with Crippen LogP contribution in [0.5, 0.6) is 5.75 Å². The van der Waals surface area contributed by atoms with Crippen LogP contribution in [0, 0.1) is 0 Å². The first-order chi connectivity index (χ1) is 16.3. The van der Waals surface area contributed by atoms with Crippen molar-refractivity contribution in [3.05, 3.63) is 41.8 Å². The number of thiazole rings is 1. The lowest BCUT2D eigenvalue weighted by Gasteiger charge is -2.11. The summed E-state index contributed by atoms with van der Waals surface area (Å²) in [6.45, 7) is 4.20. The molecule has 8 nitrogen and oxygen atoms in total. The van der Waals surface area contributed by atoms with Gasteiger partial charge < -0.3 is 9.84 Å². The molecule has 0 saturated heterocycles. The molecule has 1 aliphatic heterocycles. The van der Waals surface area contributed by atoms with E-state index in [9.17, 15) is 13.2 Å². The van der Waals surface area contributed by atoms with Crippen molar-refractivity contribution >= 4 is 11.3 Å². The summed E-state index contributed by atoms with van der Waals surface area (Å²) >= 11 is 1.34. The molecular formula is C22H22F3N6O2S+. The van der Waals surface area contributed by atoms with Crippen LogP contribution in [0.2, 0.25) is 0 Å². The fourth-order valence-electron chi connectivity index (χ4n) is 4.00. The number of hydrogen-bond acceptors (Lipinski definition) is 6. The molecule has 0 bridgehead atoms. The molecule has 5 rings (SSSR count). The van der Waals surface area contributed by atoms with Crippen LogP contribution in [0.25, 0.3) is 33.2 Å². The number of rotatable bonds is 5. The molecule has 0 amide bonds. The number of ether oxygens (including phenoxy) is 1. The summed E-state index contributed by atoms with van der Waals surface area (Å²) in [5.41, 5.74) is 3.28. The lowest BCUT2D eigenvalue weighted by atomic mass is 10.0. The third-order valence-electron chi connectivity index (χ3n) is 5.50. The summed E-state index contributed by atoms with van der Waals surface area (Å²) in [6.07, 6.45) is 0.381. The lowest BCUT2D eigenvalue weighted by molar-refractivity contribution is -0.912. The molecule has 0 unspecified atom stereocenters. The van der Waals surface area contributed by atoms with Gasteiger partial charge in [-0.2, -0.15) is 9.78 Å². The van der Waals surface area contributed by atoms with Crippen LogP contribution in [-0.2, 0) is 19.3 Å². The van der Waals surface area contributed by atoms with E-state index < -0.39 is 12.3 Å². The normalized spacial score (nSPS) is 13.5. The Hall–Kier alpha value is -3.25. The number of nitrogens with zero attached hydrogens (tertiary/aromatic N) is 6. The standard InChI is InChI=1S/C22H22F3N6O2S/c1-13(2)31-20(26-12-30(31)22(23,24)25)21-28-19-16-4-3-14(15-10-27-29(11-15)6-7-32)9-17(16)33-8-5-18(19)34-21/h3-4,9-13,32H,5-8H2,1-2H3/q+1. The summed E-state index contributed by atoms with van der Waals surface area (Å²) in [4.78, 5) is 9.72. The number of hydrogen-bond donors (Lipinski definition) is 1. The number of fused-ring (bicyclic) bond motifs is 3. The smallest absolute Gasteiger partial charge is 0.492 e. The van der Waals surface area contributed by atoms with Gasteiger partial charge in [-0.25, -0.2) is 4.98 Å². The number of halogens is 3. The quantitative estimate of drug-likeness (QED) is 0.430. The predicted octanol–water partition coefficient (Wildman–Crippen LogP) is 3.81. The van der Waals surface area contributed by atoms with Crippen molar-refractivity contribution in [1.82, 2.24) is 24.4 Å². The van der Waals surface area contributed by atoms with Gasteiger partial charge in [-0.1, -0.05) is 10.7 Å². The average Bonchev–Trinajstić information content (AvgIpc) is 3.50. The molecule has 12 heteroatoms. The van der Waals surface area contributed by atoms with Crippen molar-refractivity contribution in [2.24, 2.45) is 0 Å². The zero-order chi connectivity index (χ0) is 24.0. The summed E-state index contributed by atoms with van der Waals surface area (Å²) < 4.78 is 49.4. The second-order valence-corrected chi connectivity index (χ2v) is 9.22. The minimum atomic E-state index is -4.58. The van der Waals surface area contributed by atoms with Gasteiger partial charge in [0, 0.05) is 28.6 Å². The van der Waals surface area contributed by atoms with E-state index in [-0.39, 0.29) is 17.1 Å². The van der Waals surface area contributed by atoms with E-state index in [1.54, 1.807) is 24.7 Å². The van der Waals surface area contributed by atoms with Gasteiger partial charge in [-0.15, -0.1) is 24.5 Å². The SMILES string of the molecule is CC(C)n1c(-c2nc3c(s2)CCOc2cc(-c4cnn(CCO)c4)ccc2-3)nc[n+]1C(F)(F)F. The Balaban J connectivity index is 1.55. The average molecular weight is 492 g/mol. The maximum atomic E-state index is 13.5. The molecule has 178 valence electrons. The van der Waals surface area contributed by atoms with Crippen LogP contribution in [0.4, 0.5) is 13.2 Å². The molecule has 1 aliphatic rings. The van der Waals surface area contributed by atoms with E-state index in [0.29, 0.717) is 36.0 Å². The number of alkyl halides is 3. The van der Waals surface area contributed by atoms with Crippen molar-refractivity contribution < 1.29 is 27.7 Å². The van der Waals surface area contributed by atoms with Gasteiger partial charge in [0.05, 0.1) is 37.7 Å². The van der Waals surface area contributed by atoms with Gasteiger partial charge in [0.15, 0.2) is 5.01 Å². The lowest BCUT2D eigenvalue weighted by Crippen LogP contribution is -2.54. The molecule has 1 N–H and O–H groups in total. The first-order valence-electron chi connectivity index (χ1n) is 10.7. The fourth-order valence-corrected chi connectivity index (χ4v) is 5.04. The third kappa shape index (κ3) is 3.96. The first kappa shape index (κ1) is 22.5. The number of aliphatic hydroxyl groups is 1. The van der Waals surface area contributed by atoms with E-state index in [2.05, 4.69) is 10.1 Å². The van der Waals surface area contributed by atoms with E-state index in [0.717, 1.165) is 32.6 Å². The molecule has 0 atom stereocenters. The molecule has 0 aliphatic carbocycles. The molecule has 3 aromatic heterocycles. The van der Waals surface area contributed by atoms with E-state index in [1.807, 2.05) is 24.4 Å². The molecule has 4 aromatic rings. The molecule has 0 saturated carbocycles. The molecule has 4 heterocycles. The Morgan fingerprint density at radius 1 is 1.26 bits per heavy atom. The van der Waals surface area contributed by atoms with Crippen molar-refractivity contribution in [2.45, 2.75) is 39.2 Å². The summed E-state index contributed by atoms with van der Waals surface area (Å²) in [7, 11) is 0. The number of aromatic nitrogens is 6. The van der Waals surface area contributed by atoms with Crippen molar-refractivity contribution in [3.63, 3.8) is 0 Å². The fraction of sp³-hybridized carbons (Fsp3) is 0.364. The summed E-state index contributed by atoms with van der Waals surface area (Å²) in [5.74, 6) is 0.835. The predicted molar refractivity (Wildman–Crippen MR) is 118 cm³/mol. The Labute approximate surface area is 196 Å².